The molecule has 1 saturated carbocycles. The molecule has 0 saturated heterocycles. The Morgan fingerprint density at radius 2 is 1.57 bits per heavy atom. The van der Waals surface area contributed by atoms with Crippen molar-refractivity contribution in [3.05, 3.63) is 78.4 Å². The molecule has 4 aromatic rings. The van der Waals surface area contributed by atoms with Gasteiger partial charge in [0.2, 0.25) is 5.91 Å². The molecule has 1 aromatic heterocycles. The zero-order valence-electron chi connectivity index (χ0n) is 25.1. The van der Waals surface area contributed by atoms with Crippen LogP contribution in [0.5, 0.6) is 5.75 Å². The van der Waals surface area contributed by atoms with Gasteiger partial charge < -0.3 is 14.2 Å². The lowest BCUT2D eigenvalue weighted by Crippen LogP contribution is -2.37. The minimum Gasteiger partial charge on any atom is -0.427 e. The SMILES string of the molecule is CC(=O)Oc1ccc2c(c1)c(C)c(-c1ccc(Sc3ccccc3)cc1)n2CCCCCCN(C(C)=O)C1CCCC1. The van der Waals surface area contributed by atoms with E-state index in [1.165, 1.54) is 46.4 Å². The zero-order chi connectivity index (χ0) is 29.5. The van der Waals surface area contributed by atoms with Gasteiger partial charge in [0.1, 0.15) is 5.75 Å². The molecule has 1 amide bonds. The first-order valence-electron chi connectivity index (χ1n) is 15.3. The van der Waals surface area contributed by atoms with Crippen molar-refractivity contribution in [1.29, 1.82) is 0 Å². The number of aromatic nitrogens is 1. The summed E-state index contributed by atoms with van der Waals surface area (Å²) >= 11 is 1.77. The molecule has 1 aliphatic rings. The van der Waals surface area contributed by atoms with Gasteiger partial charge in [-0.2, -0.15) is 0 Å². The van der Waals surface area contributed by atoms with Crippen molar-refractivity contribution in [2.75, 3.05) is 6.54 Å². The minimum absolute atomic E-state index is 0.224. The summed E-state index contributed by atoms with van der Waals surface area (Å²) in [6.45, 7) is 7.11. The minimum atomic E-state index is -0.311. The first-order valence-corrected chi connectivity index (χ1v) is 16.1. The van der Waals surface area contributed by atoms with Gasteiger partial charge >= 0.3 is 5.97 Å². The molecular weight excluding hydrogens is 540 g/mol. The number of ether oxygens (including phenoxy) is 1. The lowest BCUT2D eigenvalue weighted by molar-refractivity contribution is -0.132. The summed E-state index contributed by atoms with van der Waals surface area (Å²) in [5.74, 6) is 0.491. The van der Waals surface area contributed by atoms with E-state index in [-0.39, 0.29) is 11.9 Å². The molecule has 0 bridgehead atoms. The summed E-state index contributed by atoms with van der Waals surface area (Å²) in [7, 11) is 0. The van der Waals surface area contributed by atoms with E-state index in [1.807, 2.05) is 18.2 Å². The predicted octanol–water partition coefficient (Wildman–Crippen LogP) is 9.04. The first kappa shape index (κ1) is 30.0. The second-order valence-electron chi connectivity index (χ2n) is 11.4. The number of benzene rings is 3. The summed E-state index contributed by atoms with van der Waals surface area (Å²) in [4.78, 5) is 28.4. The normalized spacial score (nSPS) is 13.5. The number of esters is 1. The Morgan fingerprint density at radius 1 is 0.881 bits per heavy atom. The average Bonchev–Trinajstić information content (AvgIpc) is 3.60. The Bertz CT molecular complexity index is 1500. The fourth-order valence-electron chi connectivity index (χ4n) is 6.36. The van der Waals surface area contributed by atoms with Crippen LogP contribution in [0.25, 0.3) is 22.2 Å². The molecule has 5 rings (SSSR count). The number of hydrogen-bond donors (Lipinski definition) is 0. The monoisotopic (exact) mass is 582 g/mol. The van der Waals surface area contributed by atoms with Crippen LogP contribution in [-0.4, -0.2) is 33.9 Å². The molecule has 1 heterocycles. The van der Waals surface area contributed by atoms with Crippen molar-refractivity contribution >= 4 is 34.5 Å². The third-order valence-electron chi connectivity index (χ3n) is 8.36. The van der Waals surface area contributed by atoms with Crippen LogP contribution in [0.1, 0.15) is 70.8 Å². The van der Waals surface area contributed by atoms with Crippen LogP contribution >= 0.6 is 11.8 Å². The number of hydrogen-bond acceptors (Lipinski definition) is 4. The van der Waals surface area contributed by atoms with Crippen LogP contribution in [0.3, 0.4) is 0 Å². The predicted molar refractivity (Wildman–Crippen MR) is 172 cm³/mol. The van der Waals surface area contributed by atoms with E-state index < -0.39 is 0 Å². The van der Waals surface area contributed by atoms with E-state index >= 15 is 0 Å². The van der Waals surface area contributed by atoms with E-state index in [0.717, 1.165) is 62.5 Å². The highest BCUT2D eigenvalue weighted by Crippen LogP contribution is 2.37. The maximum absolute atomic E-state index is 12.2. The zero-order valence-corrected chi connectivity index (χ0v) is 25.9. The molecule has 0 N–H and O–H groups in total. The second kappa shape index (κ2) is 14.1. The second-order valence-corrected chi connectivity index (χ2v) is 12.5. The van der Waals surface area contributed by atoms with Crippen molar-refractivity contribution in [2.45, 2.75) is 94.5 Å². The van der Waals surface area contributed by atoms with Crippen molar-refractivity contribution in [3.8, 4) is 17.0 Å². The Labute approximate surface area is 254 Å². The summed E-state index contributed by atoms with van der Waals surface area (Å²) in [5.41, 5.74) is 4.75. The molecule has 0 unspecified atom stereocenters. The number of carbonyl (C=O) groups is 2. The van der Waals surface area contributed by atoms with E-state index in [2.05, 4.69) is 71.0 Å². The molecule has 0 spiro atoms. The van der Waals surface area contributed by atoms with Gasteiger partial charge in [-0.15, -0.1) is 0 Å². The van der Waals surface area contributed by atoms with Gasteiger partial charge in [-0.3, -0.25) is 9.59 Å². The van der Waals surface area contributed by atoms with Crippen LogP contribution in [0, 0.1) is 6.92 Å². The van der Waals surface area contributed by atoms with Crippen molar-refractivity contribution in [3.63, 3.8) is 0 Å². The van der Waals surface area contributed by atoms with Crippen LogP contribution in [0.2, 0.25) is 0 Å². The van der Waals surface area contributed by atoms with Crippen LogP contribution in [-0.2, 0) is 16.1 Å². The van der Waals surface area contributed by atoms with Gasteiger partial charge in [0, 0.05) is 53.7 Å². The number of aryl methyl sites for hydroxylation is 2. The molecule has 5 nitrogen and oxygen atoms in total. The Morgan fingerprint density at radius 3 is 2.26 bits per heavy atom. The highest BCUT2D eigenvalue weighted by molar-refractivity contribution is 7.99. The van der Waals surface area contributed by atoms with E-state index in [0.29, 0.717) is 11.8 Å². The summed E-state index contributed by atoms with van der Waals surface area (Å²) in [6, 6.07) is 25.7. The van der Waals surface area contributed by atoms with Crippen molar-refractivity contribution in [1.82, 2.24) is 9.47 Å². The van der Waals surface area contributed by atoms with Crippen LogP contribution in [0.4, 0.5) is 0 Å². The number of fused-ring (bicyclic) bond motifs is 1. The molecule has 220 valence electrons. The number of unbranched alkanes of at least 4 members (excludes halogenated alkanes) is 3. The maximum atomic E-state index is 12.2. The molecule has 1 fully saturated rings. The number of carbonyl (C=O) groups excluding carboxylic acids is 2. The van der Waals surface area contributed by atoms with Gasteiger partial charge in [0.15, 0.2) is 0 Å². The lowest BCUT2D eigenvalue weighted by atomic mass is 10.1. The van der Waals surface area contributed by atoms with Crippen molar-refractivity contribution < 1.29 is 14.3 Å². The summed E-state index contributed by atoms with van der Waals surface area (Å²) in [6.07, 6.45) is 9.17. The van der Waals surface area contributed by atoms with Crippen molar-refractivity contribution in [2.24, 2.45) is 0 Å². The Kier molecular flexibility index (Phi) is 10.1. The molecular formula is C36H42N2O3S. The number of amides is 1. The number of rotatable bonds is 12. The molecule has 0 atom stereocenters. The van der Waals surface area contributed by atoms with E-state index in [4.69, 9.17) is 4.74 Å². The van der Waals surface area contributed by atoms with E-state index in [9.17, 15) is 9.59 Å². The summed E-state index contributed by atoms with van der Waals surface area (Å²) < 4.78 is 7.86. The maximum Gasteiger partial charge on any atom is 0.308 e. The van der Waals surface area contributed by atoms with Gasteiger partial charge in [0.05, 0.1) is 5.69 Å². The van der Waals surface area contributed by atoms with Gasteiger partial charge in [-0.05, 0) is 86.2 Å². The molecule has 1 aliphatic carbocycles. The topological polar surface area (TPSA) is 51.5 Å². The molecule has 3 aromatic carbocycles. The highest BCUT2D eigenvalue weighted by atomic mass is 32.2. The smallest absolute Gasteiger partial charge is 0.308 e. The van der Waals surface area contributed by atoms with E-state index in [1.54, 1.807) is 18.7 Å². The number of nitrogens with zero attached hydrogens (tertiary/aromatic N) is 2. The quantitative estimate of drug-likeness (QED) is 0.0950. The molecule has 0 radical (unpaired) electrons. The standard InChI is InChI=1S/C36H42N2O3S/c1-26-34-25-31(41-28(3)40)19-22-35(34)38(24-12-5-4-11-23-37(27(2)39)30-13-9-10-14-30)36(26)29-17-20-33(21-18-29)42-32-15-7-6-8-16-32/h6-8,15-22,25,30H,4-5,9-14,23-24H2,1-3H3. The fraction of sp³-hybridized carbons (Fsp3) is 0.389. The first-order chi connectivity index (χ1) is 20.4. The van der Waals surface area contributed by atoms with Gasteiger partial charge in [-0.1, -0.05) is 67.8 Å². The summed E-state index contributed by atoms with van der Waals surface area (Å²) in [5, 5.41) is 1.11. The largest absolute Gasteiger partial charge is 0.427 e. The molecule has 0 aliphatic heterocycles. The Balaban J connectivity index is 1.31. The van der Waals surface area contributed by atoms with Gasteiger partial charge in [0.25, 0.3) is 0 Å². The average molecular weight is 583 g/mol. The fourth-order valence-corrected chi connectivity index (χ4v) is 7.20. The third kappa shape index (κ3) is 7.27. The Hall–Kier alpha value is -3.51. The molecule has 6 heteroatoms. The van der Waals surface area contributed by atoms with Gasteiger partial charge in [-0.25, -0.2) is 0 Å². The third-order valence-corrected chi connectivity index (χ3v) is 9.37. The lowest BCUT2D eigenvalue weighted by Gasteiger charge is -2.27. The highest BCUT2D eigenvalue weighted by Gasteiger charge is 2.24. The van der Waals surface area contributed by atoms with Crippen LogP contribution < -0.4 is 4.74 Å². The van der Waals surface area contributed by atoms with Crippen LogP contribution in [0.15, 0.2) is 82.6 Å². The molecule has 42 heavy (non-hydrogen) atoms.